The third-order valence-electron chi connectivity index (χ3n) is 8.68. The number of sulfonamides is 1. The molecule has 2 aromatic rings. The van der Waals surface area contributed by atoms with Crippen molar-refractivity contribution in [2.75, 3.05) is 45.8 Å². The molecule has 0 spiro atoms. The van der Waals surface area contributed by atoms with Gasteiger partial charge in [0, 0.05) is 12.7 Å². The van der Waals surface area contributed by atoms with E-state index >= 15 is 0 Å². The van der Waals surface area contributed by atoms with E-state index in [4.69, 9.17) is 23.9 Å². The van der Waals surface area contributed by atoms with Gasteiger partial charge < -0.3 is 30.0 Å². The van der Waals surface area contributed by atoms with Crippen molar-refractivity contribution in [2.45, 2.75) is 74.1 Å². The van der Waals surface area contributed by atoms with Crippen LogP contribution in [0.25, 0.3) is 0 Å². The zero-order valence-corrected chi connectivity index (χ0v) is 27.5. The highest BCUT2D eigenvalue weighted by Gasteiger charge is 2.44. The van der Waals surface area contributed by atoms with Gasteiger partial charge in [-0.2, -0.15) is 0 Å². The van der Waals surface area contributed by atoms with Crippen LogP contribution in [0.15, 0.2) is 59.5 Å². The van der Waals surface area contributed by atoms with Crippen LogP contribution in [0.4, 0.5) is 10.5 Å². The molecule has 2 amide bonds. The molecule has 2 unspecified atom stereocenters. The number of ether oxygens (including phenoxy) is 3. The fourth-order valence-electron chi connectivity index (χ4n) is 5.93. The summed E-state index contributed by atoms with van der Waals surface area (Å²) in [6.45, 7) is 0.149. The van der Waals surface area contributed by atoms with E-state index in [2.05, 4.69) is 10.6 Å². The Morgan fingerprint density at radius 2 is 1.83 bits per heavy atom. The van der Waals surface area contributed by atoms with Crippen LogP contribution in [0, 0.1) is 5.92 Å². The van der Waals surface area contributed by atoms with Crippen LogP contribution in [0.2, 0.25) is 0 Å². The summed E-state index contributed by atoms with van der Waals surface area (Å²) < 4.78 is 45.8. The number of nitrogens with zero attached hydrogens (tertiary/aromatic N) is 2. The zero-order chi connectivity index (χ0) is 33.4. The van der Waals surface area contributed by atoms with E-state index in [0.29, 0.717) is 31.6 Å². The predicted molar refractivity (Wildman–Crippen MR) is 169 cm³/mol. The van der Waals surface area contributed by atoms with Gasteiger partial charge in [-0.25, -0.2) is 18.3 Å². The molecule has 2 heterocycles. The molecular formula is C32H44N4O10S. The van der Waals surface area contributed by atoms with Gasteiger partial charge in [-0.05, 0) is 49.4 Å². The largest absolute Gasteiger partial charge is 0.443 e. The van der Waals surface area contributed by atoms with Gasteiger partial charge in [0.2, 0.25) is 0 Å². The van der Waals surface area contributed by atoms with Gasteiger partial charge in [-0.1, -0.05) is 53.7 Å². The molecule has 0 radical (unpaired) electrons. The second-order valence-electron chi connectivity index (χ2n) is 11.9. The molecule has 3 aliphatic rings. The Balaban J connectivity index is 1.33. The first-order chi connectivity index (χ1) is 22.6. The molecule has 47 heavy (non-hydrogen) atoms. The molecular weight excluding hydrogens is 632 g/mol. The molecule has 2 saturated heterocycles. The first-order valence-electron chi connectivity index (χ1n) is 15.9. The highest BCUT2D eigenvalue weighted by molar-refractivity contribution is 7.89. The molecule has 1 saturated carbocycles. The first-order valence-corrected chi connectivity index (χ1v) is 17.3. The predicted octanol–water partition coefficient (Wildman–Crippen LogP) is 2.44. The lowest BCUT2D eigenvalue weighted by Crippen LogP contribution is -2.51. The van der Waals surface area contributed by atoms with Crippen molar-refractivity contribution in [1.29, 1.82) is 0 Å². The maximum absolute atomic E-state index is 14.1. The van der Waals surface area contributed by atoms with Crippen molar-refractivity contribution in [3.63, 3.8) is 0 Å². The number of carbonyl (C=O) groups excluding carboxylic acids is 2. The van der Waals surface area contributed by atoms with Gasteiger partial charge in [0.1, 0.15) is 6.10 Å². The van der Waals surface area contributed by atoms with Crippen molar-refractivity contribution in [3.8, 4) is 0 Å². The van der Waals surface area contributed by atoms with E-state index in [0.717, 1.165) is 27.9 Å². The van der Waals surface area contributed by atoms with Gasteiger partial charge in [0.15, 0.2) is 6.29 Å². The fraction of sp³-hybridized carbons (Fsp3) is 0.562. The van der Waals surface area contributed by atoms with Crippen LogP contribution in [0.3, 0.4) is 0 Å². The van der Waals surface area contributed by atoms with Crippen molar-refractivity contribution in [3.05, 3.63) is 60.2 Å². The first kappa shape index (κ1) is 35.0. The number of anilines is 1. The number of aliphatic hydroxyl groups excluding tert-OH is 1. The summed E-state index contributed by atoms with van der Waals surface area (Å²) in [7, 11) is -1.48. The van der Waals surface area contributed by atoms with E-state index in [1.54, 1.807) is 12.1 Å². The number of hydrogen-bond donors (Lipinski definition) is 3. The topological polar surface area (TPSA) is 165 Å². The van der Waals surface area contributed by atoms with E-state index in [1.165, 1.54) is 26.3 Å². The molecule has 2 aromatic carbocycles. The van der Waals surface area contributed by atoms with Crippen molar-refractivity contribution < 1.29 is 47.0 Å². The van der Waals surface area contributed by atoms with Crippen LogP contribution < -0.4 is 10.6 Å². The molecule has 14 nitrogen and oxygen atoms in total. The van der Waals surface area contributed by atoms with Crippen LogP contribution in [0.5, 0.6) is 0 Å². The van der Waals surface area contributed by atoms with Gasteiger partial charge in [-0.15, -0.1) is 0 Å². The Bertz CT molecular complexity index is 1440. The Hall–Kier alpha value is -3.31. The van der Waals surface area contributed by atoms with Crippen molar-refractivity contribution in [1.82, 2.24) is 14.8 Å². The van der Waals surface area contributed by atoms with Gasteiger partial charge in [0.05, 0.1) is 62.5 Å². The number of benzene rings is 2. The summed E-state index contributed by atoms with van der Waals surface area (Å²) in [6.07, 6.45) is 0.674. The lowest BCUT2D eigenvalue weighted by atomic mass is 10.0. The summed E-state index contributed by atoms with van der Waals surface area (Å²) in [5.74, 6) is -0.426. The Morgan fingerprint density at radius 1 is 1.06 bits per heavy atom. The zero-order valence-electron chi connectivity index (χ0n) is 26.7. The summed E-state index contributed by atoms with van der Waals surface area (Å²) in [5.41, 5.74) is 1.21. The van der Waals surface area contributed by atoms with Crippen LogP contribution in [-0.2, 0) is 45.1 Å². The number of carbonyl (C=O) groups is 2. The minimum absolute atomic E-state index is 0.0667. The summed E-state index contributed by atoms with van der Waals surface area (Å²) in [5, 5.41) is 18.3. The van der Waals surface area contributed by atoms with Gasteiger partial charge in [-0.3, -0.25) is 14.5 Å². The number of likely N-dealkylation sites (N-methyl/N-ethyl adjacent to an activating group) is 1. The van der Waals surface area contributed by atoms with Gasteiger partial charge >= 0.3 is 6.09 Å². The van der Waals surface area contributed by atoms with Crippen LogP contribution in [0.1, 0.15) is 37.7 Å². The second kappa shape index (κ2) is 16.2. The number of hydrogen-bond acceptors (Lipinski definition) is 11. The number of amides is 2. The number of aliphatic hydroxyl groups is 1. The number of rotatable bonds is 15. The maximum Gasteiger partial charge on any atom is 0.407 e. The number of nitrogens with one attached hydrogen (secondary N) is 2. The number of alkyl carbamates (subject to hydrolysis) is 1. The highest BCUT2D eigenvalue weighted by Crippen LogP contribution is 2.33. The second-order valence-corrected chi connectivity index (χ2v) is 13.8. The molecule has 3 N–H and O–H groups in total. The molecule has 2 aliphatic heterocycles. The summed E-state index contributed by atoms with van der Waals surface area (Å²) >= 11 is 0. The summed E-state index contributed by atoms with van der Waals surface area (Å²) in [6, 6.07) is 14.3. The highest BCUT2D eigenvalue weighted by atomic mass is 32.2. The fourth-order valence-corrected chi connectivity index (χ4v) is 7.28. The molecule has 0 bridgehead atoms. The normalized spacial score (nSPS) is 22.5. The molecule has 1 aliphatic carbocycles. The minimum Gasteiger partial charge on any atom is -0.443 e. The number of fused-ring (bicyclic) bond motifs is 1. The maximum atomic E-state index is 14.1. The molecule has 5 rings (SSSR count). The van der Waals surface area contributed by atoms with E-state index in [-0.39, 0.29) is 42.4 Å². The molecule has 15 heteroatoms. The Labute approximate surface area is 275 Å². The lowest BCUT2D eigenvalue weighted by molar-refractivity contribution is -0.166. The monoisotopic (exact) mass is 676 g/mol. The molecule has 3 fully saturated rings. The average Bonchev–Trinajstić information content (AvgIpc) is 3.84. The third kappa shape index (κ3) is 9.19. The molecule has 0 aromatic heterocycles. The van der Waals surface area contributed by atoms with Crippen molar-refractivity contribution >= 4 is 27.7 Å². The minimum atomic E-state index is -4.31. The van der Waals surface area contributed by atoms with E-state index < -0.39 is 47.2 Å². The van der Waals surface area contributed by atoms with Crippen LogP contribution >= 0.6 is 0 Å². The van der Waals surface area contributed by atoms with Crippen LogP contribution in [-0.4, -0.2) is 106 Å². The Kier molecular flexibility index (Phi) is 12.1. The van der Waals surface area contributed by atoms with E-state index in [1.807, 2.05) is 30.3 Å². The standard InChI is InChI=1S/C32H44N4O10S/c1-35(42-2)30(38)19-33-23-11-8-14-25(18-23)47(40,41)36(46-24-12-6-7-13-24)20-28(37)27(17-22-9-4-3-5-10-22)34-32(39)45-29-21-44-31-26(29)15-16-43-31/h3-5,8-11,14,18,24,26-29,31,33,37H,6-7,12-13,15-17,19-21H2,1-2H3,(H,34,39)/t26?,27-,28+,29+,31?/m0/s1. The summed E-state index contributed by atoms with van der Waals surface area (Å²) in [4.78, 5) is 36.2. The number of hydroxylamine groups is 3. The lowest BCUT2D eigenvalue weighted by Gasteiger charge is -2.31. The quantitative estimate of drug-likeness (QED) is 0.237. The van der Waals surface area contributed by atoms with E-state index in [9.17, 15) is 23.1 Å². The SMILES string of the molecule is CON(C)C(=O)CNc1cccc(S(=O)(=O)N(C[C@@H](O)[C@H](Cc2ccccc2)NC(=O)O[C@@H]2COC3OCCC32)OC2CCCC2)c1. The third-order valence-corrected chi connectivity index (χ3v) is 10.3. The smallest absolute Gasteiger partial charge is 0.407 e. The molecule has 5 atom stereocenters. The van der Waals surface area contributed by atoms with Gasteiger partial charge in [0.25, 0.3) is 15.9 Å². The average molecular weight is 677 g/mol. The van der Waals surface area contributed by atoms with Crippen molar-refractivity contribution in [2.24, 2.45) is 5.92 Å². The molecule has 258 valence electrons. The Morgan fingerprint density at radius 3 is 2.57 bits per heavy atom.